The van der Waals surface area contributed by atoms with Crippen molar-refractivity contribution in [2.45, 2.75) is 13.8 Å². The Morgan fingerprint density at radius 3 is 2.69 bits per heavy atom. The first-order chi connectivity index (χ1) is 12.6. The number of allylic oxidation sites excluding steroid dienone is 1. The highest BCUT2D eigenvalue weighted by Crippen LogP contribution is 2.25. The number of nitrogens with one attached hydrogen (secondary N) is 2. The molecule has 134 valence electrons. The molecule has 1 aliphatic heterocycles. The molecule has 1 fully saturated rings. The zero-order valence-corrected chi connectivity index (χ0v) is 14.7. The predicted octanol–water partition coefficient (Wildman–Crippen LogP) is 1.15. The fraction of sp³-hybridized carbons (Fsp3) is 0.353. The number of piperazine rings is 1. The van der Waals surface area contributed by atoms with Gasteiger partial charge >= 0.3 is 0 Å². The van der Waals surface area contributed by atoms with Gasteiger partial charge in [0.1, 0.15) is 11.6 Å². The number of rotatable bonds is 4. The molecule has 0 bridgehead atoms. The third-order valence-electron chi connectivity index (χ3n) is 4.35. The van der Waals surface area contributed by atoms with Crippen LogP contribution in [0.25, 0.3) is 5.57 Å². The standard InChI is InChI=1S/C17H20N8O/c1-12-9-15(19-11-14(10-18)17-20-22-23-21-17)3-4-16(12)25-7-5-24(6-8-25)13(2)26/h3-4,9,11,19H,5-8H2,1-2H3,(H,20,21,22,23). The van der Waals surface area contributed by atoms with Gasteiger partial charge in [0.2, 0.25) is 11.7 Å². The number of anilines is 2. The number of carbonyl (C=O) groups is 1. The number of carbonyl (C=O) groups excluding carboxylic acids is 1. The number of nitrogens with zero attached hydrogens (tertiary/aromatic N) is 6. The lowest BCUT2D eigenvalue weighted by molar-refractivity contribution is -0.129. The maximum absolute atomic E-state index is 11.4. The minimum Gasteiger partial charge on any atom is -0.368 e. The zero-order chi connectivity index (χ0) is 18.5. The molecule has 26 heavy (non-hydrogen) atoms. The van der Waals surface area contributed by atoms with E-state index in [0.29, 0.717) is 5.57 Å². The van der Waals surface area contributed by atoms with Crippen LogP contribution in [-0.4, -0.2) is 57.6 Å². The van der Waals surface area contributed by atoms with Gasteiger partial charge in [-0.25, -0.2) is 0 Å². The second kappa shape index (κ2) is 7.65. The molecule has 0 radical (unpaired) electrons. The van der Waals surface area contributed by atoms with E-state index in [1.165, 1.54) is 0 Å². The number of tetrazole rings is 1. The summed E-state index contributed by atoms with van der Waals surface area (Å²) in [5.41, 5.74) is 3.44. The van der Waals surface area contributed by atoms with Crippen molar-refractivity contribution < 1.29 is 4.79 Å². The van der Waals surface area contributed by atoms with E-state index in [2.05, 4.69) is 36.9 Å². The number of aromatic amines is 1. The molecule has 0 spiro atoms. The molecule has 1 aromatic carbocycles. The Balaban J connectivity index is 1.68. The van der Waals surface area contributed by atoms with E-state index in [1.807, 2.05) is 30.0 Å². The summed E-state index contributed by atoms with van der Waals surface area (Å²) in [6.45, 7) is 6.79. The Morgan fingerprint density at radius 1 is 1.35 bits per heavy atom. The molecule has 2 heterocycles. The van der Waals surface area contributed by atoms with Crippen molar-refractivity contribution in [3.63, 3.8) is 0 Å². The second-order valence-electron chi connectivity index (χ2n) is 6.04. The summed E-state index contributed by atoms with van der Waals surface area (Å²) in [4.78, 5) is 15.6. The maximum Gasteiger partial charge on any atom is 0.219 e. The smallest absolute Gasteiger partial charge is 0.219 e. The maximum atomic E-state index is 11.4. The fourth-order valence-corrected chi connectivity index (χ4v) is 2.94. The molecule has 0 aliphatic carbocycles. The SMILES string of the molecule is CC(=O)N1CCN(c2ccc(NC=C(C#N)c3nn[nH]n3)cc2C)CC1. The van der Waals surface area contributed by atoms with E-state index >= 15 is 0 Å². The molecule has 1 aromatic heterocycles. The molecule has 1 saturated heterocycles. The minimum absolute atomic E-state index is 0.127. The van der Waals surface area contributed by atoms with E-state index in [1.54, 1.807) is 13.1 Å². The fourth-order valence-electron chi connectivity index (χ4n) is 2.94. The Kier molecular flexibility index (Phi) is 5.12. The van der Waals surface area contributed by atoms with Crippen molar-refractivity contribution in [2.75, 3.05) is 36.4 Å². The predicted molar refractivity (Wildman–Crippen MR) is 97.0 cm³/mol. The molecular formula is C17H20N8O. The molecular weight excluding hydrogens is 332 g/mol. The van der Waals surface area contributed by atoms with E-state index in [4.69, 9.17) is 0 Å². The second-order valence-corrected chi connectivity index (χ2v) is 6.04. The van der Waals surface area contributed by atoms with Crippen LogP contribution in [0.15, 0.2) is 24.4 Å². The number of H-pyrrole nitrogens is 1. The lowest BCUT2D eigenvalue weighted by atomic mass is 10.1. The Hall–Kier alpha value is -3.41. The number of hydrogen-bond donors (Lipinski definition) is 2. The van der Waals surface area contributed by atoms with Gasteiger partial charge in [-0.2, -0.15) is 10.5 Å². The summed E-state index contributed by atoms with van der Waals surface area (Å²) >= 11 is 0. The number of amides is 1. The molecule has 2 aromatic rings. The number of aromatic nitrogens is 4. The largest absolute Gasteiger partial charge is 0.368 e. The van der Waals surface area contributed by atoms with Crippen LogP contribution in [0.1, 0.15) is 18.3 Å². The highest BCUT2D eigenvalue weighted by Gasteiger charge is 2.19. The van der Waals surface area contributed by atoms with Crippen molar-refractivity contribution in [1.82, 2.24) is 25.5 Å². The van der Waals surface area contributed by atoms with Crippen molar-refractivity contribution in [1.29, 1.82) is 5.26 Å². The molecule has 0 unspecified atom stereocenters. The van der Waals surface area contributed by atoms with Crippen LogP contribution in [0.4, 0.5) is 11.4 Å². The summed E-state index contributed by atoms with van der Waals surface area (Å²) in [7, 11) is 0. The minimum atomic E-state index is 0.127. The first kappa shape index (κ1) is 17.4. The lowest BCUT2D eigenvalue weighted by Gasteiger charge is -2.36. The van der Waals surface area contributed by atoms with Crippen molar-refractivity contribution >= 4 is 22.9 Å². The number of hydrogen-bond acceptors (Lipinski definition) is 7. The normalized spacial score (nSPS) is 14.9. The highest BCUT2D eigenvalue weighted by atomic mass is 16.2. The summed E-state index contributed by atoms with van der Waals surface area (Å²) < 4.78 is 0. The topological polar surface area (TPSA) is 114 Å². The van der Waals surface area contributed by atoms with Crippen LogP contribution in [0.3, 0.4) is 0 Å². The number of nitriles is 1. The Morgan fingerprint density at radius 2 is 2.12 bits per heavy atom. The van der Waals surface area contributed by atoms with Gasteiger partial charge in [-0.1, -0.05) is 0 Å². The summed E-state index contributed by atoms with van der Waals surface area (Å²) in [5.74, 6) is 0.374. The zero-order valence-electron chi connectivity index (χ0n) is 14.7. The summed E-state index contributed by atoms with van der Waals surface area (Å²) in [6.07, 6.45) is 1.56. The van der Waals surface area contributed by atoms with Gasteiger partial charge in [-0.3, -0.25) is 4.79 Å². The van der Waals surface area contributed by atoms with Gasteiger partial charge in [-0.05, 0) is 35.9 Å². The Bertz CT molecular complexity index is 844. The van der Waals surface area contributed by atoms with Crippen LogP contribution in [0.5, 0.6) is 0 Å². The van der Waals surface area contributed by atoms with Crippen molar-refractivity contribution in [2.24, 2.45) is 0 Å². The van der Waals surface area contributed by atoms with Crippen molar-refractivity contribution in [3.05, 3.63) is 35.8 Å². The van der Waals surface area contributed by atoms with Gasteiger partial charge in [0.05, 0.1) is 0 Å². The quantitative estimate of drug-likeness (QED) is 0.793. The highest BCUT2D eigenvalue weighted by molar-refractivity contribution is 5.75. The van der Waals surface area contributed by atoms with Crippen LogP contribution < -0.4 is 10.2 Å². The third kappa shape index (κ3) is 3.80. The van der Waals surface area contributed by atoms with E-state index < -0.39 is 0 Å². The van der Waals surface area contributed by atoms with Gasteiger partial charge in [-0.15, -0.1) is 10.2 Å². The van der Waals surface area contributed by atoms with Crippen molar-refractivity contribution in [3.8, 4) is 6.07 Å². The number of aryl methyl sites for hydroxylation is 1. The molecule has 9 nitrogen and oxygen atoms in total. The number of benzene rings is 1. The van der Waals surface area contributed by atoms with Crippen LogP contribution in [-0.2, 0) is 4.79 Å². The summed E-state index contributed by atoms with van der Waals surface area (Å²) in [5, 5.41) is 25.7. The molecule has 0 saturated carbocycles. The third-order valence-corrected chi connectivity index (χ3v) is 4.35. The van der Waals surface area contributed by atoms with Crippen LogP contribution in [0.2, 0.25) is 0 Å². The average Bonchev–Trinajstić information content (AvgIpc) is 3.17. The first-order valence-corrected chi connectivity index (χ1v) is 8.30. The van der Waals surface area contributed by atoms with E-state index in [0.717, 1.165) is 43.1 Å². The van der Waals surface area contributed by atoms with E-state index in [9.17, 15) is 10.1 Å². The molecule has 1 amide bonds. The van der Waals surface area contributed by atoms with E-state index in [-0.39, 0.29) is 11.7 Å². The molecule has 0 atom stereocenters. The van der Waals surface area contributed by atoms with Gasteiger partial charge < -0.3 is 15.1 Å². The Labute approximate surface area is 151 Å². The van der Waals surface area contributed by atoms with Crippen LogP contribution in [0, 0.1) is 18.3 Å². The molecule has 3 rings (SSSR count). The monoisotopic (exact) mass is 352 g/mol. The average molecular weight is 352 g/mol. The van der Waals surface area contributed by atoms with Crippen LogP contribution >= 0.6 is 0 Å². The summed E-state index contributed by atoms with van der Waals surface area (Å²) in [6, 6.07) is 8.07. The molecule has 1 aliphatic rings. The van der Waals surface area contributed by atoms with Gasteiger partial charge in [0, 0.05) is 50.7 Å². The lowest BCUT2D eigenvalue weighted by Crippen LogP contribution is -2.48. The van der Waals surface area contributed by atoms with Gasteiger partial charge in [0.25, 0.3) is 0 Å². The first-order valence-electron chi connectivity index (χ1n) is 8.30. The molecule has 2 N–H and O–H groups in total. The molecule has 9 heteroatoms. The van der Waals surface area contributed by atoms with Gasteiger partial charge in [0.15, 0.2) is 0 Å².